The van der Waals surface area contributed by atoms with Gasteiger partial charge in [0.25, 0.3) is 5.91 Å². The van der Waals surface area contributed by atoms with E-state index in [0.717, 1.165) is 11.8 Å². The Labute approximate surface area is 137 Å². The maximum atomic E-state index is 12.2. The molecule has 0 aliphatic rings. The van der Waals surface area contributed by atoms with Crippen molar-refractivity contribution in [2.24, 2.45) is 5.73 Å². The van der Waals surface area contributed by atoms with Crippen molar-refractivity contribution in [2.45, 2.75) is 11.3 Å². The monoisotopic (exact) mass is 329 g/mol. The van der Waals surface area contributed by atoms with Gasteiger partial charge in [-0.3, -0.25) is 19.4 Å². The number of nitrogens with zero attached hydrogens (tertiary/aromatic N) is 1. The van der Waals surface area contributed by atoms with Gasteiger partial charge in [-0.2, -0.15) is 0 Å². The van der Waals surface area contributed by atoms with Crippen LogP contribution in [0.3, 0.4) is 0 Å². The molecule has 0 aliphatic heterocycles. The zero-order valence-corrected chi connectivity index (χ0v) is 13.0. The SMILES string of the molecule is NC(=O)CCNC(=O)c1ccccc1SC(=O)c1ccncc1. The average molecular weight is 329 g/mol. The van der Waals surface area contributed by atoms with Gasteiger partial charge >= 0.3 is 0 Å². The summed E-state index contributed by atoms with van der Waals surface area (Å²) >= 11 is 0.972. The lowest BCUT2D eigenvalue weighted by Gasteiger charge is -2.09. The maximum Gasteiger partial charge on any atom is 0.252 e. The number of nitrogens with two attached hydrogens (primary N) is 1. The number of thioether (sulfide) groups is 1. The van der Waals surface area contributed by atoms with E-state index in [4.69, 9.17) is 5.73 Å². The van der Waals surface area contributed by atoms with Crippen LogP contribution in [0.1, 0.15) is 27.1 Å². The first-order chi connectivity index (χ1) is 11.1. The molecule has 0 spiro atoms. The van der Waals surface area contributed by atoms with Gasteiger partial charge in [-0.1, -0.05) is 12.1 Å². The number of hydrogen-bond acceptors (Lipinski definition) is 5. The predicted molar refractivity (Wildman–Crippen MR) is 87.0 cm³/mol. The summed E-state index contributed by atoms with van der Waals surface area (Å²) < 4.78 is 0. The number of primary amides is 1. The minimum absolute atomic E-state index is 0.0665. The molecular formula is C16H15N3O3S. The molecule has 23 heavy (non-hydrogen) atoms. The summed E-state index contributed by atoms with van der Waals surface area (Å²) in [5.74, 6) is -0.835. The molecule has 2 amide bonds. The van der Waals surface area contributed by atoms with Crippen LogP contribution < -0.4 is 11.1 Å². The molecule has 1 aromatic heterocycles. The molecule has 7 heteroatoms. The maximum absolute atomic E-state index is 12.2. The second-order valence-corrected chi connectivity index (χ2v) is 5.61. The van der Waals surface area contributed by atoms with Gasteiger partial charge in [-0.25, -0.2) is 0 Å². The van der Waals surface area contributed by atoms with E-state index in [1.54, 1.807) is 36.4 Å². The molecule has 0 aliphatic carbocycles. The number of hydrogen-bond donors (Lipinski definition) is 2. The van der Waals surface area contributed by atoms with E-state index >= 15 is 0 Å². The quantitative estimate of drug-likeness (QED) is 0.784. The first-order valence-electron chi connectivity index (χ1n) is 6.85. The Morgan fingerprint density at radius 2 is 1.78 bits per heavy atom. The van der Waals surface area contributed by atoms with Crippen LogP contribution in [0.5, 0.6) is 0 Å². The van der Waals surface area contributed by atoms with Crippen molar-refractivity contribution in [1.82, 2.24) is 10.3 Å². The summed E-state index contributed by atoms with van der Waals surface area (Å²) in [6.07, 6.45) is 3.14. The molecule has 0 bridgehead atoms. The number of amides is 2. The largest absolute Gasteiger partial charge is 0.370 e. The summed E-state index contributed by atoms with van der Waals surface area (Å²) in [6, 6.07) is 10.0. The van der Waals surface area contributed by atoms with Crippen LogP contribution in [0.4, 0.5) is 0 Å². The van der Waals surface area contributed by atoms with Gasteiger partial charge in [0.1, 0.15) is 0 Å². The average Bonchev–Trinajstić information content (AvgIpc) is 2.55. The van der Waals surface area contributed by atoms with Crippen molar-refractivity contribution < 1.29 is 14.4 Å². The van der Waals surface area contributed by atoms with Crippen molar-refractivity contribution in [1.29, 1.82) is 0 Å². The smallest absolute Gasteiger partial charge is 0.252 e. The Hall–Kier alpha value is -2.67. The third-order valence-corrected chi connectivity index (χ3v) is 3.90. The van der Waals surface area contributed by atoms with Crippen LogP contribution in [0, 0.1) is 0 Å². The van der Waals surface area contributed by atoms with Crippen molar-refractivity contribution >= 4 is 28.7 Å². The van der Waals surface area contributed by atoms with Crippen LogP contribution in [-0.4, -0.2) is 28.5 Å². The van der Waals surface area contributed by atoms with Crippen LogP contribution in [0.25, 0.3) is 0 Å². The minimum atomic E-state index is -0.485. The van der Waals surface area contributed by atoms with Crippen LogP contribution in [-0.2, 0) is 4.79 Å². The summed E-state index contributed by atoms with van der Waals surface area (Å²) in [7, 11) is 0. The summed E-state index contributed by atoms with van der Waals surface area (Å²) in [5.41, 5.74) is 5.92. The molecule has 0 radical (unpaired) electrons. The fraction of sp³-hybridized carbons (Fsp3) is 0.125. The normalized spacial score (nSPS) is 10.1. The highest BCUT2D eigenvalue weighted by atomic mass is 32.2. The number of carbonyl (C=O) groups excluding carboxylic acids is 3. The van der Waals surface area contributed by atoms with E-state index in [0.29, 0.717) is 16.0 Å². The fourth-order valence-corrected chi connectivity index (χ4v) is 2.66. The van der Waals surface area contributed by atoms with E-state index in [-0.39, 0.29) is 24.0 Å². The highest BCUT2D eigenvalue weighted by molar-refractivity contribution is 8.14. The van der Waals surface area contributed by atoms with Gasteiger partial charge in [-0.05, 0) is 36.0 Å². The molecule has 1 aromatic carbocycles. The molecule has 2 rings (SSSR count). The Morgan fingerprint density at radius 3 is 2.48 bits per heavy atom. The number of aromatic nitrogens is 1. The van der Waals surface area contributed by atoms with Gasteiger partial charge in [0.2, 0.25) is 11.0 Å². The van der Waals surface area contributed by atoms with Crippen molar-refractivity contribution in [3.05, 3.63) is 59.9 Å². The van der Waals surface area contributed by atoms with Crippen LogP contribution in [0.15, 0.2) is 53.7 Å². The van der Waals surface area contributed by atoms with Gasteiger partial charge in [0.05, 0.1) is 5.56 Å². The standard InChI is InChI=1S/C16H15N3O3S/c17-14(20)7-10-19-15(21)12-3-1-2-4-13(12)23-16(22)11-5-8-18-9-6-11/h1-6,8-9H,7,10H2,(H2,17,20)(H,19,21). The van der Waals surface area contributed by atoms with Gasteiger partial charge in [-0.15, -0.1) is 0 Å². The molecule has 1 heterocycles. The summed E-state index contributed by atoms with van der Waals surface area (Å²) in [4.78, 5) is 39.5. The lowest BCUT2D eigenvalue weighted by molar-refractivity contribution is -0.117. The van der Waals surface area contributed by atoms with Crippen LogP contribution in [0.2, 0.25) is 0 Å². The second-order valence-electron chi connectivity index (χ2n) is 4.59. The Kier molecular flexibility index (Phi) is 5.87. The minimum Gasteiger partial charge on any atom is -0.370 e. The summed E-state index contributed by atoms with van der Waals surface area (Å²) in [5, 5.41) is 2.43. The van der Waals surface area contributed by atoms with Crippen molar-refractivity contribution in [3.8, 4) is 0 Å². The van der Waals surface area contributed by atoms with Crippen molar-refractivity contribution in [2.75, 3.05) is 6.54 Å². The van der Waals surface area contributed by atoms with E-state index in [9.17, 15) is 14.4 Å². The zero-order valence-electron chi connectivity index (χ0n) is 12.2. The molecule has 0 saturated carbocycles. The van der Waals surface area contributed by atoms with Crippen LogP contribution >= 0.6 is 11.8 Å². The molecule has 0 fully saturated rings. The topological polar surface area (TPSA) is 102 Å². The predicted octanol–water partition coefficient (Wildman–Crippen LogP) is 1.62. The number of carbonyl (C=O) groups is 3. The van der Waals surface area contributed by atoms with E-state index in [1.165, 1.54) is 12.4 Å². The Morgan fingerprint density at radius 1 is 1.09 bits per heavy atom. The Balaban J connectivity index is 2.09. The number of rotatable bonds is 6. The lowest BCUT2D eigenvalue weighted by Crippen LogP contribution is -2.28. The molecule has 118 valence electrons. The fourth-order valence-electron chi connectivity index (χ4n) is 1.78. The first-order valence-corrected chi connectivity index (χ1v) is 7.67. The van der Waals surface area contributed by atoms with E-state index < -0.39 is 5.91 Å². The Bertz CT molecular complexity index is 720. The van der Waals surface area contributed by atoms with E-state index in [2.05, 4.69) is 10.3 Å². The molecule has 2 aromatic rings. The molecule has 0 atom stereocenters. The second kappa shape index (κ2) is 8.09. The highest BCUT2D eigenvalue weighted by Crippen LogP contribution is 2.26. The number of pyridine rings is 1. The lowest BCUT2D eigenvalue weighted by atomic mass is 10.2. The van der Waals surface area contributed by atoms with Gasteiger partial charge < -0.3 is 11.1 Å². The third-order valence-electron chi connectivity index (χ3n) is 2.91. The van der Waals surface area contributed by atoms with Crippen molar-refractivity contribution in [3.63, 3.8) is 0 Å². The highest BCUT2D eigenvalue weighted by Gasteiger charge is 2.15. The summed E-state index contributed by atoms with van der Waals surface area (Å²) in [6.45, 7) is 0.158. The zero-order chi connectivity index (χ0) is 16.7. The molecule has 0 saturated heterocycles. The molecule has 3 N–H and O–H groups in total. The van der Waals surface area contributed by atoms with Gasteiger partial charge in [0, 0.05) is 35.8 Å². The molecule has 0 unspecified atom stereocenters. The van der Waals surface area contributed by atoms with Gasteiger partial charge in [0.15, 0.2) is 0 Å². The first kappa shape index (κ1) is 16.7. The molecule has 6 nitrogen and oxygen atoms in total. The molecular weight excluding hydrogens is 314 g/mol. The third kappa shape index (κ3) is 4.93. The number of nitrogens with one attached hydrogen (secondary N) is 1. The van der Waals surface area contributed by atoms with E-state index in [1.807, 2.05) is 0 Å². The number of benzene rings is 1.